The van der Waals surface area contributed by atoms with Crippen molar-refractivity contribution in [3.63, 3.8) is 0 Å². The largest absolute Gasteiger partial charge is 0.462 e. The normalized spacial score (nSPS) is 28.1. The van der Waals surface area contributed by atoms with Crippen molar-refractivity contribution in [3.8, 4) is 0 Å². The van der Waals surface area contributed by atoms with Gasteiger partial charge in [-0.2, -0.15) is 0 Å². The highest BCUT2D eigenvalue weighted by Gasteiger charge is 2.39. The van der Waals surface area contributed by atoms with E-state index in [0.717, 1.165) is 36.9 Å². The lowest BCUT2D eigenvalue weighted by Crippen LogP contribution is -2.45. The molecular weight excluding hydrogens is 342 g/mol. The molecule has 0 spiro atoms. The summed E-state index contributed by atoms with van der Waals surface area (Å²) in [5.74, 6) is -0.190. The predicted molar refractivity (Wildman–Crippen MR) is 106 cm³/mol. The molecule has 1 aromatic rings. The van der Waals surface area contributed by atoms with E-state index in [4.69, 9.17) is 4.74 Å². The molecule has 2 aliphatic rings. The molecule has 1 aromatic carbocycles. The van der Waals surface area contributed by atoms with Crippen molar-refractivity contribution in [2.75, 3.05) is 19.0 Å². The number of aliphatic imine (C=N–C) groups is 1. The fourth-order valence-electron chi connectivity index (χ4n) is 3.87. The van der Waals surface area contributed by atoms with E-state index < -0.39 is 18.0 Å². The molecule has 1 fully saturated rings. The first kappa shape index (κ1) is 19.4. The quantitative estimate of drug-likeness (QED) is 0.819. The standard InChI is InChI=1S/C21H29N3O3/c1-13-5-11-17(12-6-13)27-20(25)18-14(2)22-21(26)23-19(18)15-7-9-16(10-8-15)24(3)4/h7-10,13,17-19H,5-6,11-12H2,1-4H3,(H,23,26). The van der Waals surface area contributed by atoms with Crippen molar-refractivity contribution in [2.45, 2.75) is 51.7 Å². The zero-order valence-electron chi connectivity index (χ0n) is 16.6. The number of hydrogen-bond acceptors (Lipinski definition) is 4. The SMILES string of the molecule is CC1=NC(=O)NC(c2ccc(N(C)C)cc2)C1C(=O)OC1CCC(C)CC1. The van der Waals surface area contributed by atoms with Gasteiger partial charge in [0, 0.05) is 25.5 Å². The van der Waals surface area contributed by atoms with E-state index in [1.54, 1.807) is 6.92 Å². The van der Waals surface area contributed by atoms with Crippen LogP contribution in [-0.4, -0.2) is 37.9 Å². The summed E-state index contributed by atoms with van der Waals surface area (Å²) < 4.78 is 5.82. The molecule has 2 amide bonds. The molecule has 0 saturated heterocycles. The Morgan fingerprint density at radius 1 is 1.15 bits per heavy atom. The second kappa shape index (κ2) is 8.11. The van der Waals surface area contributed by atoms with Crippen LogP contribution in [0, 0.1) is 11.8 Å². The summed E-state index contributed by atoms with van der Waals surface area (Å²) in [6.07, 6.45) is 3.95. The van der Waals surface area contributed by atoms with Crippen LogP contribution in [0.4, 0.5) is 10.5 Å². The predicted octanol–water partition coefficient (Wildman–Crippen LogP) is 3.72. The molecule has 6 heteroatoms. The van der Waals surface area contributed by atoms with E-state index in [1.807, 2.05) is 43.3 Å². The van der Waals surface area contributed by atoms with Crippen molar-refractivity contribution >= 4 is 23.4 Å². The number of amides is 2. The number of nitrogens with one attached hydrogen (secondary N) is 1. The van der Waals surface area contributed by atoms with Crippen molar-refractivity contribution < 1.29 is 14.3 Å². The van der Waals surface area contributed by atoms with Gasteiger partial charge in [0.25, 0.3) is 0 Å². The lowest BCUT2D eigenvalue weighted by molar-refractivity contribution is -0.154. The summed E-state index contributed by atoms with van der Waals surface area (Å²) in [4.78, 5) is 30.9. The molecule has 1 saturated carbocycles. The first-order valence-electron chi connectivity index (χ1n) is 9.68. The van der Waals surface area contributed by atoms with Gasteiger partial charge in [-0.15, -0.1) is 0 Å². The van der Waals surface area contributed by atoms with Gasteiger partial charge >= 0.3 is 12.0 Å². The zero-order chi connectivity index (χ0) is 19.6. The molecule has 1 N–H and O–H groups in total. The van der Waals surface area contributed by atoms with Gasteiger partial charge in [-0.1, -0.05) is 19.1 Å². The maximum absolute atomic E-state index is 13.0. The van der Waals surface area contributed by atoms with E-state index in [1.165, 1.54) is 0 Å². The maximum Gasteiger partial charge on any atom is 0.341 e. The second-order valence-electron chi connectivity index (χ2n) is 7.96. The molecule has 1 heterocycles. The minimum atomic E-state index is -0.591. The van der Waals surface area contributed by atoms with Crippen LogP contribution in [-0.2, 0) is 9.53 Å². The highest BCUT2D eigenvalue weighted by molar-refractivity contribution is 6.08. The summed E-state index contributed by atoms with van der Waals surface area (Å²) in [6.45, 7) is 3.97. The summed E-state index contributed by atoms with van der Waals surface area (Å²) in [7, 11) is 3.94. The Kier molecular flexibility index (Phi) is 5.82. The minimum Gasteiger partial charge on any atom is -0.462 e. The highest BCUT2D eigenvalue weighted by atomic mass is 16.5. The molecule has 2 unspecified atom stereocenters. The molecule has 1 aliphatic carbocycles. The van der Waals surface area contributed by atoms with Crippen LogP contribution >= 0.6 is 0 Å². The third-order valence-electron chi connectivity index (χ3n) is 5.61. The van der Waals surface area contributed by atoms with Crippen molar-refractivity contribution in [1.29, 1.82) is 0 Å². The summed E-state index contributed by atoms with van der Waals surface area (Å²) in [5.41, 5.74) is 2.44. The van der Waals surface area contributed by atoms with Crippen LogP contribution in [0.2, 0.25) is 0 Å². The average Bonchev–Trinajstić information content (AvgIpc) is 2.63. The van der Waals surface area contributed by atoms with Crippen LogP contribution in [0.1, 0.15) is 51.1 Å². The number of nitrogens with zero attached hydrogens (tertiary/aromatic N) is 2. The number of carbonyl (C=O) groups is 2. The fourth-order valence-corrected chi connectivity index (χ4v) is 3.87. The smallest absolute Gasteiger partial charge is 0.341 e. The summed E-state index contributed by atoms with van der Waals surface area (Å²) in [6, 6.07) is 6.98. The Bertz CT molecular complexity index is 719. The van der Waals surface area contributed by atoms with Crippen LogP contribution in [0.15, 0.2) is 29.3 Å². The Labute approximate surface area is 161 Å². The van der Waals surface area contributed by atoms with Gasteiger partial charge < -0.3 is 15.0 Å². The van der Waals surface area contributed by atoms with Gasteiger partial charge in [-0.25, -0.2) is 9.79 Å². The number of esters is 1. The van der Waals surface area contributed by atoms with E-state index in [9.17, 15) is 9.59 Å². The molecule has 0 radical (unpaired) electrons. The molecule has 2 atom stereocenters. The van der Waals surface area contributed by atoms with E-state index in [2.05, 4.69) is 17.2 Å². The zero-order valence-corrected chi connectivity index (χ0v) is 16.6. The number of rotatable bonds is 4. The Balaban J connectivity index is 1.79. The highest BCUT2D eigenvalue weighted by Crippen LogP contribution is 2.31. The van der Waals surface area contributed by atoms with Crippen LogP contribution in [0.25, 0.3) is 0 Å². The van der Waals surface area contributed by atoms with E-state index in [-0.39, 0.29) is 12.1 Å². The third kappa shape index (κ3) is 4.49. The Morgan fingerprint density at radius 3 is 2.37 bits per heavy atom. The lowest BCUT2D eigenvalue weighted by Gasteiger charge is -2.32. The Hall–Kier alpha value is -2.37. The third-order valence-corrected chi connectivity index (χ3v) is 5.61. The number of hydrogen-bond donors (Lipinski definition) is 1. The van der Waals surface area contributed by atoms with E-state index in [0.29, 0.717) is 11.6 Å². The summed E-state index contributed by atoms with van der Waals surface area (Å²) >= 11 is 0. The van der Waals surface area contributed by atoms with Crippen molar-refractivity contribution in [3.05, 3.63) is 29.8 Å². The van der Waals surface area contributed by atoms with Gasteiger partial charge in [0.15, 0.2) is 0 Å². The molecule has 0 bridgehead atoms. The average molecular weight is 371 g/mol. The van der Waals surface area contributed by atoms with Gasteiger partial charge in [-0.05, 0) is 56.2 Å². The Morgan fingerprint density at radius 2 is 1.78 bits per heavy atom. The van der Waals surface area contributed by atoms with Crippen molar-refractivity contribution in [1.82, 2.24) is 5.32 Å². The number of carbonyl (C=O) groups excluding carboxylic acids is 2. The van der Waals surface area contributed by atoms with Crippen molar-refractivity contribution in [2.24, 2.45) is 16.8 Å². The number of ether oxygens (including phenoxy) is 1. The monoisotopic (exact) mass is 371 g/mol. The first-order chi connectivity index (χ1) is 12.8. The molecular formula is C21H29N3O3. The first-order valence-corrected chi connectivity index (χ1v) is 9.68. The molecule has 27 heavy (non-hydrogen) atoms. The summed E-state index contributed by atoms with van der Waals surface area (Å²) in [5, 5.41) is 2.85. The number of urea groups is 1. The van der Waals surface area contributed by atoms with Gasteiger partial charge in [-0.3, -0.25) is 4.79 Å². The number of benzene rings is 1. The minimum absolute atomic E-state index is 0.0316. The number of anilines is 1. The van der Waals surface area contributed by atoms with Crippen LogP contribution in [0.5, 0.6) is 0 Å². The maximum atomic E-state index is 13.0. The second-order valence-corrected chi connectivity index (χ2v) is 7.96. The van der Waals surface area contributed by atoms with Gasteiger partial charge in [0.1, 0.15) is 12.0 Å². The molecule has 0 aromatic heterocycles. The lowest BCUT2D eigenvalue weighted by atomic mass is 9.87. The molecule has 6 nitrogen and oxygen atoms in total. The van der Waals surface area contributed by atoms with Gasteiger partial charge in [0.05, 0.1) is 6.04 Å². The molecule has 3 rings (SSSR count). The topological polar surface area (TPSA) is 71.0 Å². The molecule has 1 aliphatic heterocycles. The van der Waals surface area contributed by atoms with Crippen LogP contribution < -0.4 is 10.2 Å². The fraction of sp³-hybridized carbons (Fsp3) is 0.571. The van der Waals surface area contributed by atoms with E-state index >= 15 is 0 Å². The van der Waals surface area contributed by atoms with Crippen LogP contribution in [0.3, 0.4) is 0 Å². The van der Waals surface area contributed by atoms with Gasteiger partial charge in [0.2, 0.25) is 0 Å². The molecule has 146 valence electrons.